The highest BCUT2D eigenvalue weighted by Crippen LogP contribution is 2.25. The van der Waals surface area contributed by atoms with Crippen LogP contribution in [0.2, 0.25) is 0 Å². The zero-order chi connectivity index (χ0) is 25.4. The molecule has 8 nitrogen and oxygen atoms in total. The highest BCUT2D eigenvalue weighted by Gasteiger charge is 2.32. The van der Waals surface area contributed by atoms with Crippen LogP contribution in [0.1, 0.15) is 19.4 Å². The lowest BCUT2D eigenvalue weighted by Crippen LogP contribution is -2.56. The lowest BCUT2D eigenvalue weighted by Gasteiger charge is -2.27. The van der Waals surface area contributed by atoms with E-state index >= 15 is 0 Å². The van der Waals surface area contributed by atoms with Crippen LogP contribution < -0.4 is 15.4 Å². The van der Waals surface area contributed by atoms with E-state index in [0.29, 0.717) is 5.75 Å². The first-order chi connectivity index (χ1) is 16.8. The number of rotatable bonds is 11. The summed E-state index contributed by atoms with van der Waals surface area (Å²) in [5.74, 6) is -2.27. The summed E-state index contributed by atoms with van der Waals surface area (Å²) in [5, 5.41) is 26.6. The van der Waals surface area contributed by atoms with Crippen LogP contribution in [0, 0.1) is 5.92 Å². The van der Waals surface area contributed by atoms with E-state index in [4.69, 9.17) is 4.74 Å². The number of carbonyl (C=O) groups is 3. The average molecular weight is 479 g/mol. The van der Waals surface area contributed by atoms with Gasteiger partial charge in [-0.05, 0) is 29.4 Å². The molecule has 0 saturated carbocycles. The number of amides is 2. The summed E-state index contributed by atoms with van der Waals surface area (Å²) in [6, 6.07) is 20.1. The zero-order valence-corrected chi connectivity index (χ0v) is 19.7. The number of benzene rings is 3. The number of hydrogen-bond donors (Lipinski definition) is 4. The Morgan fingerprint density at radius 2 is 1.54 bits per heavy atom. The summed E-state index contributed by atoms with van der Waals surface area (Å²) in [7, 11) is 0. The number of aliphatic carboxylic acids is 1. The Morgan fingerprint density at radius 1 is 0.886 bits per heavy atom. The van der Waals surface area contributed by atoms with Gasteiger partial charge in [-0.3, -0.25) is 9.59 Å². The van der Waals surface area contributed by atoms with E-state index in [1.807, 2.05) is 42.5 Å². The number of aliphatic hydroxyl groups excluding tert-OH is 1. The summed E-state index contributed by atoms with van der Waals surface area (Å²) in [6.45, 7) is 3.22. The molecule has 0 fully saturated rings. The maximum atomic E-state index is 13.0. The van der Waals surface area contributed by atoms with E-state index in [1.54, 1.807) is 44.2 Å². The Balaban J connectivity index is 1.66. The van der Waals surface area contributed by atoms with Crippen LogP contribution in [0.3, 0.4) is 0 Å². The zero-order valence-electron chi connectivity index (χ0n) is 19.7. The summed E-state index contributed by atoms with van der Waals surface area (Å²) < 4.78 is 5.71. The van der Waals surface area contributed by atoms with Crippen LogP contribution in [0.4, 0.5) is 0 Å². The van der Waals surface area contributed by atoms with Gasteiger partial charge in [0.2, 0.25) is 5.91 Å². The molecule has 0 aromatic heterocycles. The molecule has 0 spiro atoms. The van der Waals surface area contributed by atoms with Crippen molar-refractivity contribution in [3.8, 4) is 5.75 Å². The molecule has 8 heteroatoms. The predicted molar refractivity (Wildman–Crippen MR) is 132 cm³/mol. The minimum Gasteiger partial charge on any atom is -0.483 e. The Morgan fingerprint density at radius 3 is 2.23 bits per heavy atom. The molecule has 3 rings (SSSR count). The quantitative estimate of drug-likeness (QED) is 0.336. The van der Waals surface area contributed by atoms with Crippen molar-refractivity contribution in [2.75, 3.05) is 6.61 Å². The first-order valence-electron chi connectivity index (χ1n) is 11.4. The van der Waals surface area contributed by atoms with Crippen LogP contribution in [0.5, 0.6) is 5.75 Å². The maximum absolute atomic E-state index is 13.0. The molecule has 3 atom stereocenters. The van der Waals surface area contributed by atoms with Gasteiger partial charge in [0, 0.05) is 5.39 Å². The van der Waals surface area contributed by atoms with Crippen LogP contribution >= 0.6 is 0 Å². The Bertz CT molecular complexity index is 1160. The van der Waals surface area contributed by atoms with E-state index in [2.05, 4.69) is 10.6 Å². The molecular formula is C27H30N2O6. The summed E-state index contributed by atoms with van der Waals surface area (Å²) in [4.78, 5) is 37.1. The SMILES string of the molecule is CC(C)[C@H](NC(=O)COc1cccc2ccccc12)C(=O)N[C@@H](Cc1ccccc1)[C@H](O)C(=O)O. The number of hydrogen-bond acceptors (Lipinski definition) is 5. The second kappa shape index (κ2) is 12.0. The number of carbonyl (C=O) groups excluding carboxylic acids is 2. The van der Waals surface area contributed by atoms with E-state index < -0.39 is 36.0 Å². The Hall–Kier alpha value is -3.91. The van der Waals surface area contributed by atoms with Crippen molar-refractivity contribution in [1.82, 2.24) is 10.6 Å². The molecule has 35 heavy (non-hydrogen) atoms. The van der Waals surface area contributed by atoms with Gasteiger partial charge >= 0.3 is 5.97 Å². The van der Waals surface area contributed by atoms with Gasteiger partial charge in [-0.15, -0.1) is 0 Å². The summed E-state index contributed by atoms with van der Waals surface area (Å²) in [6.07, 6.45) is -1.69. The molecule has 3 aromatic carbocycles. The fourth-order valence-electron chi connectivity index (χ4n) is 3.77. The summed E-state index contributed by atoms with van der Waals surface area (Å²) in [5.41, 5.74) is 0.756. The molecule has 0 aliphatic heterocycles. The molecule has 0 saturated heterocycles. The molecule has 0 radical (unpaired) electrons. The summed E-state index contributed by atoms with van der Waals surface area (Å²) >= 11 is 0. The van der Waals surface area contributed by atoms with E-state index in [1.165, 1.54) is 0 Å². The van der Waals surface area contributed by atoms with E-state index in [-0.39, 0.29) is 18.9 Å². The van der Waals surface area contributed by atoms with Gasteiger partial charge in [0.1, 0.15) is 11.8 Å². The Labute approximate surface area is 203 Å². The van der Waals surface area contributed by atoms with Crippen molar-refractivity contribution in [3.05, 3.63) is 78.4 Å². The van der Waals surface area contributed by atoms with Gasteiger partial charge in [0.25, 0.3) is 5.91 Å². The van der Waals surface area contributed by atoms with E-state index in [9.17, 15) is 24.6 Å². The van der Waals surface area contributed by atoms with Gasteiger partial charge in [0.05, 0.1) is 6.04 Å². The molecule has 3 aromatic rings. The van der Waals surface area contributed by atoms with Crippen molar-refractivity contribution < 1.29 is 29.3 Å². The number of ether oxygens (including phenoxy) is 1. The second-order valence-corrected chi connectivity index (χ2v) is 8.64. The predicted octanol–water partition coefficient (Wildman–Crippen LogP) is 2.53. The monoisotopic (exact) mass is 478 g/mol. The molecular weight excluding hydrogens is 448 g/mol. The van der Waals surface area contributed by atoms with Crippen LogP contribution in [-0.4, -0.2) is 52.8 Å². The third kappa shape index (κ3) is 7.04. The van der Waals surface area contributed by atoms with Crippen LogP contribution in [0.25, 0.3) is 10.8 Å². The van der Waals surface area contributed by atoms with E-state index in [0.717, 1.165) is 16.3 Å². The molecule has 184 valence electrons. The molecule has 0 aliphatic carbocycles. The lowest BCUT2D eigenvalue weighted by molar-refractivity contribution is -0.148. The molecule has 0 unspecified atom stereocenters. The highest BCUT2D eigenvalue weighted by atomic mass is 16.5. The number of carboxylic acids is 1. The van der Waals surface area contributed by atoms with Gasteiger partial charge in [-0.1, -0.05) is 80.6 Å². The second-order valence-electron chi connectivity index (χ2n) is 8.64. The van der Waals surface area contributed by atoms with Crippen molar-refractivity contribution in [1.29, 1.82) is 0 Å². The normalized spacial score (nSPS) is 13.6. The minimum absolute atomic E-state index is 0.114. The third-order valence-corrected chi connectivity index (χ3v) is 5.63. The van der Waals surface area contributed by atoms with Crippen molar-refractivity contribution in [2.24, 2.45) is 5.92 Å². The largest absolute Gasteiger partial charge is 0.483 e. The highest BCUT2D eigenvalue weighted by molar-refractivity contribution is 5.90. The molecule has 0 heterocycles. The fraction of sp³-hybridized carbons (Fsp3) is 0.296. The van der Waals surface area contributed by atoms with Gasteiger partial charge < -0.3 is 25.6 Å². The molecule has 2 amide bonds. The van der Waals surface area contributed by atoms with Gasteiger partial charge in [-0.25, -0.2) is 4.79 Å². The van der Waals surface area contributed by atoms with Crippen LogP contribution in [0.15, 0.2) is 72.8 Å². The first-order valence-corrected chi connectivity index (χ1v) is 11.4. The molecule has 4 N–H and O–H groups in total. The molecule has 0 bridgehead atoms. The number of nitrogens with one attached hydrogen (secondary N) is 2. The number of carboxylic acid groups (broad SMARTS) is 1. The smallest absolute Gasteiger partial charge is 0.334 e. The van der Waals surface area contributed by atoms with Crippen LogP contribution in [-0.2, 0) is 20.8 Å². The Kier molecular flexibility index (Phi) is 8.80. The average Bonchev–Trinajstić information content (AvgIpc) is 2.85. The number of fused-ring (bicyclic) bond motifs is 1. The van der Waals surface area contributed by atoms with Crippen molar-refractivity contribution in [2.45, 2.75) is 38.5 Å². The van der Waals surface area contributed by atoms with Gasteiger partial charge in [-0.2, -0.15) is 0 Å². The maximum Gasteiger partial charge on any atom is 0.334 e. The topological polar surface area (TPSA) is 125 Å². The third-order valence-electron chi connectivity index (χ3n) is 5.63. The van der Waals surface area contributed by atoms with Crippen molar-refractivity contribution >= 4 is 28.6 Å². The van der Waals surface area contributed by atoms with Gasteiger partial charge in [0.15, 0.2) is 12.7 Å². The first kappa shape index (κ1) is 25.7. The molecule has 0 aliphatic rings. The fourth-order valence-corrected chi connectivity index (χ4v) is 3.77. The van der Waals surface area contributed by atoms with Crippen molar-refractivity contribution in [3.63, 3.8) is 0 Å². The number of aliphatic hydroxyl groups is 1. The standard InChI is InChI=1S/C27H30N2O6/c1-17(2)24(26(32)28-21(25(31)27(33)34)15-18-9-4-3-5-10-18)29-23(30)16-35-22-14-8-12-19-11-6-7-13-20(19)22/h3-14,17,21,24-25,31H,15-16H2,1-2H3,(H,28,32)(H,29,30)(H,33,34)/t21-,24-,25-/m0/s1. The minimum atomic E-state index is -1.81. The lowest BCUT2D eigenvalue weighted by atomic mass is 9.98.